The molecule has 0 saturated heterocycles. The summed E-state index contributed by atoms with van der Waals surface area (Å²) in [6, 6.07) is 33.2. The summed E-state index contributed by atoms with van der Waals surface area (Å²) in [5.41, 5.74) is 3.85. The summed E-state index contributed by atoms with van der Waals surface area (Å²) >= 11 is 0. The Kier molecular flexibility index (Phi) is 15.5. The Morgan fingerprint density at radius 2 is 0.859 bits per heavy atom. The normalized spacial score (nSPS) is 12.0. The molecule has 8 aromatic carbocycles. The van der Waals surface area contributed by atoms with Crippen molar-refractivity contribution in [3.05, 3.63) is 196 Å². The predicted molar refractivity (Wildman–Crippen MR) is 290 cm³/mol. The second-order valence-corrected chi connectivity index (χ2v) is 24.5. The van der Waals surface area contributed by atoms with Crippen molar-refractivity contribution in [1.82, 2.24) is 0 Å². The number of hydrogen-bond donors (Lipinski definition) is 6. The highest BCUT2D eigenvalue weighted by molar-refractivity contribution is 7.90. The van der Waals surface area contributed by atoms with Gasteiger partial charge in [-0.05, 0) is 132 Å². The molecule has 0 fully saturated rings. The van der Waals surface area contributed by atoms with Gasteiger partial charge in [0.15, 0.2) is 15.6 Å². The molecule has 19 nitrogen and oxygen atoms in total. The molecule has 0 bridgehead atoms. The van der Waals surface area contributed by atoms with Gasteiger partial charge < -0.3 is 16.0 Å². The third kappa shape index (κ3) is 12.8. The second-order valence-electron chi connectivity index (χ2n) is 18.3. The van der Waals surface area contributed by atoms with Crippen LogP contribution < -0.4 is 16.0 Å². The summed E-state index contributed by atoms with van der Waals surface area (Å²) in [6.45, 7) is 3.41. The zero-order valence-corrected chi connectivity index (χ0v) is 44.5. The molecule has 0 spiro atoms. The highest BCUT2D eigenvalue weighted by Crippen LogP contribution is 2.34. The number of ketones is 2. The third-order valence-corrected chi connectivity index (χ3v) is 16.4. The SMILES string of the molecule is Cc1ccc(C(=O)Cc2ccc(S(=O)(=O)O)c3cc(S(C)(=O)=O)ccc23)cc1NC(=O)c1cccc(CC(=O)Cc2cccc(C(=O)Nc3cc(C(=O)Nc4ccc(S(=O)(=O)O)c5cc(S(=O)(=O)O)ccc45)ccc3C)c2)c1. The predicted octanol–water partition coefficient (Wildman–Crippen LogP) is 8.29. The molecule has 78 heavy (non-hydrogen) atoms. The first kappa shape index (κ1) is 55.9. The lowest BCUT2D eigenvalue weighted by atomic mass is 9.96. The van der Waals surface area contributed by atoms with Crippen LogP contribution >= 0.6 is 0 Å². The Bertz CT molecular complexity index is 4070. The van der Waals surface area contributed by atoms with Crippen LogP contribution in [0.4, 0.5) is 17.1 Å². The minimum absolute atomic E-state index is 0.0208. The van der Waals surface area contributed by atoms with Crippen molar-refractivity contribution in [3.8, 4) is 0 Å². The van der Waals surface area contributed by atoms with Crippen LogP contribution in [0.15, 0.2) is 165 Å². The number of sulfone groups is 1. The molecule has 0 aliphatic rings. The van der Waals surface area contributed by atoms with Crippen LogP contribution in [-0.4, -0.2) is 82.9 Å². The fourth-order valence-corrected chi connectivity index (χ4v) is 11.1. The van der Waals surface area contributed by atoms with Crippen LogP contribution in [0.1, 0.15) is 69.2 Å². The first-order valence-electron chi connectivity index (χ1n) is 23.2. The second kappa shape index (κ2) is 21.6. The molecule has 0 aliphatic carbocycles. The molecule has 0 heterocycles. The minimum Gasteiger partial charge on any atom is -0.322 e. The fraction of sp³-hybridized carbons (Fsp3) is 0.109. The Morgan fingerprint density at radius 3 is 1.38 bits per heavy atom. The van der Waals surface area contributed by atoms with Crippen LogP contribution in [0.5, 0.6) is 0 Å². The van der Waals surface area contributed by atoms with Crippen LogP contribution in [0.3, 0.4) is 0 Å². The van der Waals surface area contributed by atoms with Crippen molar-refractivity contribution in [2.24, 2.45) is 0 Å². The third-order valence-electron chi connectivity index (χ3n) is 12.6. The molecular weight excluding hydrogens is 1090 g/mol. The zero-order chi connectivity index (χ0) is 56.6. The van der Waals surface area contributed by atoms with E-state index in [0.29, 0.717) is 33.5 Å². The maximum atomic E-state index is 13.7. The quantitative estimate of drug-likeness (QED) is 0.0369. The van der Waals surface area contributed by atoms with Crippen molar-refractivity contribution in [3.63, 3.8) is 0 Å². The number of rotatable bonds is 17. The maximum Gasteiger partial charge on any atom is 0.295 e. The van der Waals surface area contributed by atoms with Gasteiger partial charge in [0.05, 0.1) is 9.79 Å². The summed E-state index contributed by atoms with van der Waals surface area (Å²) in [6.07, 6.45) is 0.551. The van der Waals surface area contributed by atoms with Gasteiger partial charge in [0.25, 0.3) is 48.1 Å². The molecule has 0 radical (unpaired) electrons. The number of hydrogen-bond acceptors (Lipinski definition) is 13. The Labute approximate surface area is 447 Å². The number of carbonyl (C=O) groups is 5. The standard InChI is InChI=1S/C55H45N3O16S4/c1-31-10-12-36(50(60)28-35-14-20-51(77(69,70)71)45-29-41(75(3,64)65)15-17-43(35)45)26-48(31)57-53(61)37-8-4-6-33(22-37)24-40(59)25-34-7-5-9-38(23-34)54(62)58-49-27-39(13-11-32(49)2)55(63)56-47-19-21-52(78(72,73)74)46-30-42(76(66,67)68)16-18-44(46)47/h4-23,26-27,29-30H,24-25,28H2,1-3H3,(H,56,63)(H,57,61)(H,58,62)(H,66,67,68)(H,69,70,71)(H,72,73,74). The molecule has 23 heteroatoms. The molecule has 400 valence electrons. The number of carbonyl (C=O) groups excluding carboxylic acids is 5. The van der Waals surface area contributed by atoms with Gasteiger partial charge in [-0.1, -0.05) is 60.7 Å². The molecule has 0 aliphatic heterocycles. The number of fused-ring (bicyclic) bond motifs is 2. The largest absolute Gasteiger partial charge is 0.322 e. The van der Waals surface area contributed by atoms with Crippen LogP contribution in [-0.2, 0) is 64.2 Å². The smallest absolute Gasteiger partial charge is 0.295 e. The minimum atomic E-state index is -4.87. The molecule has 0 saturated carbocycles. The van der Waals surface area contributed by atoms with E-state index in [4.69, 9.17) is 0 Å². The van der Waals surface area contributed by atoms with Crippen LogP contribution in [0.25, 0.3) is 21.5 Å². The summed E-state index contributed by atoms with van der Waals surface area (Å²) in [4.78, 5) is 65.9. The molecule has 6 N–H and O–H groups in total. The average molecular weight is 1130 g/mol. The van der Waals surface area contributed by atoms with E-state index in [-0.39, 0.29) is 85.1 Å². The molecular formula is C55H45N3O16S4. The van der Waals surface area contributed by atoms with Gasteiger partial charge >= 0.3 is 0 Å². The van der Waals surface area contributed by atoms with E-state index in [0.717, 1.165) is 42.7 Å². The molecule has 3 amide bonds. The maximum absolute atomic E-state index is 13.7. The first-order chi connectivity index (χ1) is 36.5. The lowest BCUT2D eigenvalue weighted by molar-refractivity contribution is -0.117. The van der Waals surface area contributed by atoms with Gasteiger partial charge in [0.2, 0.25) is 0 Å². The van der Waals surface area contributed by atoms with E-state index >= 15 is 0 Å². The van der Waals surface area contributed by atoms with Crippen molar-refractivity contribution in [2.75, 3.05) is 22.2 Å². The monoisotopic (exact) mass is 1130 g/mol. The Hall–Kier alpha value is -8.29. The van der Waals surface area contributed by atoms with E-state index in [1.54, 1.807) is 68.4 Å². The number of benzene rings is 8. The number of Topliss-reactive ketones (excluding diaryl/α,β-unsaturated/α-hetero) is 2. The van der Waals surface area contributed by atoms with E-state index < -0.39 is 78.4 Å². The zero-order valence-electron chi connectivity index (χ0n) is 41.3. The highest BCUT2D eigenvalue weighted by Gasteiger charge is 2.23. The molecule has 0 aromatic heterocycles. The molecule has 0 unspecified atom stereocenters. The van der Waals surface area contributed by atoms with Gasteiger partial charge in [-0.3, -0.25) is 37.6 Å². The van der Waals surface area contributed by atoms with E-state index in [1.807, 2.05) is 0 Å². The van der Waals surface area contributed by atoms with E-state index in [9.17, 15) is 71.3 Å². The lowest BCUT2D eigenvalue weighted by Crippen LogP contribution is -2.16. The topological polar surface area (TPSA) is 319 Å². The van der Waals surface area contributed by atoms with E-state index in [1.165, 1.54) is 54.6 Å². The number of nitrogens with one attached hydrogen (secondary N) is 3. The van der Waals surface area contributed by atoms with Gasteiger partial charge in [0.1, 0.15) is 15.6 Å². The Balaban J connectivity index is 0.907. The number of amides is 3. The van der Waals surface area contributed by atoms with Gasteiger partial charge in [-0.15, -0.1) is 0 Å². The lowest BCUT2D eigenvalue weighted by Gasteiger charge is -2.14. The Morgan fingerprint density at radius 1 is 0.410 bits per heavy atom. The fourth-order valence-electron chi connectivity index (χ4n) is 8.62. The molecule has 8 aromatic rings. The number of aryl methyl sites for hydroxylation is 2. The van der Waals surface area contributed by atoms with Crippen molar-refractivity contribution >= 4 is 108 Å². The van der Waals surface area contributed by atoms with Crippen molar-refractivity contribution < 1.29 is 71.3 Å². The average Bonchev–Trinajstić information content (AvgIpc) is 3.42. The van der Waals surface area contributed by atoms with Gasteiger partial charge in [0, 0.05) is 81.0 Å². The van der Waals surface area contributed by atoms with Crippen LogP contribution in [0, 0.1) is 13.8 Å². The van der Waals surface area contributed by atoms with E-state index in [2.05, 4.69) is 16.0 Å². The number of anilines is 3. The summed E-state index contributed by atoms with van der Waals surface area (Å²) < 4.78 is 126. The summed E-state index contributed by atoms with van der Waals surface area (Å²) in [5.74, 6) is -2.46. The van der Waals surface area contributed by atoms with Gasteiger partial charge in [-0.2, -0.15) is 25.3 Å². The van der Waals surface area contributed by atoms with Crippen molar-refractivity contribution in [1.29, 1.82) is 0 Å². The first-order valence-corrected chi connectivity index (χ1v) is 29.4. The summed E-state index contributed by atoms with van der Waals surface area (Å²) in [5, 5.41) is 8.11. The van der Waals surface area contributed by atoms with Crippen LogP contribution in [0.2, 0.25) is 0 Å². The molecule has 0 atom stereocenters. The summed E-state index contributed by atoms with van der Waals surface area (Å²) in [7, 11) is -18.2. The molecule has 8 rings (SSSR count). The highest BCUT2D eigenvalue weighted by atomic mass is 32.2. The van der Waals surface area contributed by atoms with Crippen molar-refractivity contribution in [2.45, 2.75) is 52.7 Å². The van der Waals surface area contributed by atoms with Gasteiger partial charge in [-0.25, -0.2) is 8.42 Å².